The number of thiophene rings is 1. The van der Waals surface area contributed by atoms with Crippen molar-refractivity contribution >= 4 is 39.0 Å². The predicted octanol–water partition coefficient (Wildman–Crippen LogP) is 4.82. The molecule has 0 radical (unpaired) electrons. The van der Waals surface area contributed by atoms with Gasteiger partial charge >= 0.3 is 0 Å². The SMILES string of the molecule is Cc1nc(SCc2cccc([N+](=O)[O-])c2)c2c(C)c(C)sc2n1. The molecule has 0 fully saturated rings. The lowest BCUT2D eigenvalue weighted by atomic mass is 10.2. The standard InChI is InChI=1S/C16H15N3O2S2/c1-9-10(2)23-16-14(9)15(17-11(3)18-16)22-8-12-5-4-6-13(7-12)19(20)21/h4-7H,8H2,1-3H3. The van der Waals surface area contributed by atoms with Crippen LogP contribution in [-0.2, 0) is 5.75 Å². The van der Waals surface area contributed by atoms with Crippen LogP contribution in [0.3, 0.4) is 0 Å². The van der Waals surface area contributed by atoms with Crippen LogP contribution < -0.4 is 0 Å². The largest absolute Gasteiger partial charge is 0.269 e. The molecule has 0 atom stereocenters. The third-order valence-corrected chi connectivity index (χ3v) is 5.75. The van der Waals surface area contributed by atoms with Crippen LogP contribution in [0.4, 0.5) is 5.69 Å². The molecule has 3 aromatic rings. The molecule has 2 aromatic heterocycles. The number of benzene rings is 1. The van der Waals surface area contributed by atoms with Gasteiger partial charge in [-0.1, -0.05) is 12.1 Å². The molecule has 23 heavy (non-hydrogen) atoms. The van der Waals surface area contributed by atoms with Gasteiger partial charge in [0.05, 0.1) is 4.92 Å². The molecule has 0 aliphatic rings. The van der Waals surface area contributed by atoms with E-state index >= 15 is 0 Å². The highest BCUT2D eigenvalue weighted by atomic mass is 32.2. The summed E-state index contributed by atoms with van der Waals surface area (Å²) in [5, 5.41) is 12.9. The minimum absolute atomic E-state index is 0.120. The maximum absolute atomic E-state index is 10.9. The van der Waals surface area contributed by atoms with Crippen molar-refractivity contribution in [1.29, 1.82) is 0 Å². The molecular formula is C16H15N3O2S2. The summed E-state index contributed by atoms with van der Waals surface area (Å²) in [5.74, 6) is 1.39. The maximum atomic E-state index is 10.9. The molecule has 0 unspecified atom stereocenters. The molecule has 0 aliphatic heterocycles. The first-order valence-electron chi connectivity index (χ1n) is 7.06. The van der Waals surface area contributed by atoms with Gasteiger partial charge in [0.1, 0.15) is 15.7 Å². The summed E-state index contributed by atoms with van der Waals surface area (Å²) in [5.41, 5.74) is 2.25. The molecule has 0 spiro atoms. The van der Waals surface area contributed by atoms with E-state index in [0.717, 1.165) is 26.6 Å². The molecule has 0 bridgehead atoms. The first-order valence-corrected chi connectivity index (χ1v) is 8.86. The first-order chi connectivity index (χ1) is 11.0. The van der Waals surface area contributed by atoms with Crippen molar-refractivity contribution in [3.8, 4) is 0 Å². The van der Waals surface area contributed by atoms with Gasteiger partial charge in [-0.05, 0) is 31.9 Å². The quantitative estimate of drug-likeness (QED) is 0.293. The second-order valence-electron chi connectivity index (χ2n) is 5.26. The maximum Gasteiger partial charge on any atom is 0.269 e. The van der Waals surface area contributed by atoms with Crippen molar-refractivity contribution in [3.05, 3.63) is 56.2 Å². The number of fused-ring (bicyclic) bond motifs is 1. The van der Waals surface area contributed by atoms with Gasteiger partial charge in [0.25, 0.3) is 5.69 Å². The zero-order chi connectivity index (χ0) is 16.6. The number of aromatic nitrogens is 2. The van der Waals surface area contributed by atoms with Crippen LogP contribution in [0.25, 0.3) is 10.2 Å². The zero-order valence-electron chi connectivity index (χ0n) is 13.0. The molecule has 0 aliphatic carbocycles. The lowest BCUT2D eigenvalue weighted by molar-refractivity contribution is -0.384. The van der Waals surface area contributed by atoms with Crippen molar-refractivity contribution in [2.75, 3.05) is 0 Å². The van der Waals surface area contributed by atoms with E-state index in [4.69, 9.17) is 0 Å². The third kappa shape index (κ3) is 3.20. The van der Waals surface area contributed by atoms with E-state index in [-0.39, 0.29) is 10.6 Å². The normalized spacial score (nSPS) is 11.1. The number of nitro groups is 1. The van der Waals surface area contributed by atoms with Gasteiger partial charge in [-0.3, -0.25) is 10.1 Å². The fraction of sp³-hybridized carbons (Fsp3) is 0.250. The van der Waals surface area contributed by atoms with E-state index in [9.17, 15) is 10.1 Å². The van der Waals surface area contributed by atoms with Gasteiger partial charge < -0.3 is 0 Å². The highest BCUT2D eigenvalue weighted by Gasteiger charge is 2.14. The third-order valence-electron chi connectivity index (χ3n) is 3.60. The van der Waals surface area contributed by atoms with Crippen LogP contribution in [0, 0.1) is 30.9 Å². The van der Waals surface area contributed by atoms with Crippen molar-refractivity contribution in [1.82, 2.24) is 9.97 Å². The van der Waals surface area contributed by atoms with Gasteiger partial charge in [-0.25, -0.2) is 9.97 Å². The number of hydrogen-bond acceptors (Lipinski definition) is 6. The molecule has 7 heteroatoms. The predicted molar refractivity (Wildman–Crippen MR) is 94.3 cm³/mol. The molecule has 0 N–H and O–H groups in total. The zero-order valence-corrected chi connectivity index (χ0v) is 14.6. The average Bonchev–Trinajstić information content (AvgIpc) is 2.79. The number of thioether (sulfide) groups is 1. The minimum Gasteiger partial charge on any atom is -0.258 e. The van der Waals surface area contributed by atoms with Crippen molar-refractivity contribution < 1.29 is 4.92 Å². The van der Waals surface area contributed by atoms with Crippen molar-refractivity contribution in [2.45, 2.75) is 31.6 Å². The Labute approximate surface area is 141 Å². The molecule has 0 saturated carbocycles. The van der Waals surface area contributed by atoms with E-state index in [0.29, 0.717) is 5.75 Å². The van der Waals surface area contributed by atoms with Gasteiger partial charge in [0.2, 0.25) is 0 Å². The Bertz CT molecular complexity index is 906. The molecule has 1 aromatic carbocycles. The Hall–Kier alpha value is -1.99. The number of rotatable bonds is 4. The Kier molecular flexibility index (Phi) is 4.32. The Morgan fingerprint density at radius 3 is 2.78 bits per heavy atom. The monoisotopic (exact) mass is 345 g/mol. The van der Waals surface area contributed by atoms with E-state index in [1.807, 2.05) is 13.0 Å². The molecule has 0 saturated heterocycles. The lowest BCUT2D eigenvalue weighted by Gasteiger charge is -2.05. The van der Waals surface area contributed by atoms with Crippen LogP contribution >= 0.6 is 23.1 Å². The average molecular weight is 345 g/mol. The van der Waals surface area contributed by atoms with E-state index in [1.165, 1.54) is 16.5 Å². The number of nitro benzene ring substituents is 1. The van der Waals surface area contributed by atoms with E-state index in [2.05, 4.69) is 23.8 Å². The van der Waals surface area contributed by atoms with Crippen molar-refractivity contribution in [3.63, 3.8) is 0 Å². The van der Waals surface area contributed by atoms with Crippen LogP contribution in [-0.4, -0.2) is 14.9 Å². The van der Waals surface area contributed by atoms with Crippen LogP contribution in [0.1, 0.15) is 21.8 Å². The highest BCUT2D eigenvalue weighted by Crippen LogP contribution is 2.36. The molecule has 5 nitrogen and oxygen atoms in total. The first kappa shape index (κ1) is 15.9. The Morgan fingerprint density at radius 1 is 1.26 bits per heavy atom. The summed E-state index contributed by atoms with van der Waals surface area (Å²) in [7, 11) is 0. The minimum atomic E-state index is -0.367. The van der Waals surface area contributed by atoms with Crippen molar-refractivity contribution in [2.24, 2.45) is 0 Å². The van der Waals surface area contributed by atoms with Gasteiger partial charge in [-0.15, -0.1) is 23.1 Å². The summed E-state index contributed by atoms with van der Waals surface area (Å²) >= 11 is 3.28. The summed E-state index contributed by atoms with van der Waals surface area (Å²) in [4.78, 5) is 21.8. The summed E-state index contributed by atoms with van der Waals surface area (Å²) in [6, 6.07) is 6.74. The molecule has 118 valence electrons. The summed E-state index contributed by atoms with van der Waals surface area (Å²) in [6.07, 6.45) is 0. The van der Waals surface area contributed by atoms with Gasteiger partial charge in [0.15, 0.2) is 0 Å². The van der Waals surface area contributed by atoms with Crippen LogP contribution in [0.15, 0.2) is 29.3 Å². The van der Waals surface area contributed by atoms with Gasteiger partial charge in [0, 0.05) is 28.1 Å². The van der Waals surface area contributed by atoms with Crippen LogP contribution in [0.5, 0.6) is 0 Å². The fourth-order valence-corrected chi connectivity index (χ4v) is 4.54. The second kappa shape index (κ2) is 6.25. The van der Waals surface area contributed by atoms with E-state index in [1.54, 1.807) is 35.2 Å². The molecule has 2 heterocycles. The fourth-order valence-electron chi connectivity index (χ4n) is 2.33. The highest BCUT2D eigenvalue weighted by molar-refractivity contribution is 7.98. The number of aryl methyl sites for hydroxylation is 3. The molecule has 0 amide bonds. The second-order valence-corrected chi connectivity index (χ2v) is 7.42. The molecular weight excluding hydrogens is 330 g/mol. The smallest absolute Gasteiger partial charge is 0.258 e. The Balaban J connectivity index is 1.93. The topological polar surface area (TPSA) is 68.9 Å². The van der Waals surface area contributed by atoms with Gasteiger partial charge in [-0.2, -0.15) is 0 Å². The summed E-state index contributed by atoms with van der Waals surface area (Å²) in [6.45, 7) is 6.07. The van der Waals surface area contributed by atoms with Crippen LogP contribution in [0.2, 0.25) is 0 Å². The van der Waals surface area contributed by atoms with E-state index < -0.39 is 0 Å². The number of hydrogen-bond donors (Lipinski definition) is 0. The number of non-ortho nitro benzene ring substituents is 1. The number of nitrogens with zero attached hydrogens (tertiary/aromatic N) is 3. The Morgan fingerprint density at radius 2 is 2.04 bits per heavy atom. The summed E-state index contributed by atoms with van der Waals surface area (Å²) < 4.78 is 0. The molecule has 3 rings (SSSR count). The lowest BCUT2D eigenvalue weighted by Crippen LogP contribution is -1.93.